The van der Waals surface area contributed by atoms with E-state index < -0.39 is 12.0 Å². The third-order valence-electron chi connectivity index (χ3n) is 1.56. The highest BCUT2D eigenvalue weighted by molar-refractivity contribution is 6.48. The molecular formula is C8H8BNO4. The van der Waals surface area contributed by atoms with Crippen LogP contribution in [0.2, 0.25) is 0 Å². The van der Waals surface area contributed by atoms with Crippen molar-refractivity contribution in [2.45, 2.75) is 0 Å². The summed E-state index contributed by atoms with van der Waals surface area (Å²) in [6.45, 7) is 0. The fourth-order valence-electron chi connectivity index (χ4n) is 0.904. The summed E-state index contributed by atoms with van der Waals surface area (Å²) in [6, 6.07) is 5.75. The van der Waals surface area contributed by atoms with Gasteiger partial charge in [0, 0.05) is 12.1 Å². The first-order chi connectivity index (χ1) is 6.59. The van der Waals surface area contributed by atoms with E-state index in [1.807, 2.05) is 0 Å². The van der Waals surface area contributed by atoms with Crippen LogP contribution in [0, 0.1) is 10.1 Å². The van der Waals surface area contributed by atoms with Crippen LogP contribution < -0.4 is 0 Å². The molecule has 6 heteroatoms. The van der Waals surface area contributed by atoms with Crippen LogP contribution in [0.15, 0.2) is 30.2 Å². The highest BCUT2D eigenvalue weighted by Gasteiger charge is 2.03. The molecule has 1 aromatic carbocycles. The molecular weight excluding hydrogens is 185 g/mol. The molecule has 0 aliphatic rings. The van der Waals surface area contributed by atoms with E-state index in [9.17, 15) is 10.1 Å². The average molecular weight is 193 g/mol. The molecule has 0 fully saturated rings. The number of nitrogens with zero attached hydrogens (tertiary/aromatic N) is 1. The second-order valence-electron chi connectivity index (χ2n) is 2.62. The van der Waals surface area contributed by atoms with Gasteiger partial charge in [-0.1, -0.05) is 12.1 Å². The number of hydrogen-bond acceptors (Lipinski definition) is 4. The Morgan fingerprint density at radius 2 is 1.86 bits per heavy atom. The van der Waals surface area contributed by atoms with Gasteiger partial charge < -0.3 is 10.0 Å². The standard InChI is InChI=1S/C8H8BNO4/c11-9(12)6-5-7-1-3-8(4-2-7)10(13)14/h1-6,11-12H/b6-5+. The first-order valence-corrected chi connectivity index (χ1v) is 3.88. The minimum Gasteiger partial charge on any atom is -0.424 e. The Morgan fingerprint density at radius 1 is 1.29 bits per heavy atom. The van der Waals surface area contributed by atoms with Gasteiger partial charge in [-0.3, -0.25) is 10.1 Å². The SMILES string of the molecule is O=[N+]([O-])c1ccc(/C=C/B(O)O)cc1. The molecule has 0 aliphatic carbocycles. The van der Waals surface area contributed by atoms with Gasteiger partial charge in [0.05, 0.1) is 4.92 Å². The summed E-state index contributed by atoms with van der Waals surface area (Å²) in [4.78, 5) is 9.79. The average Bonchev–Trinajstić information content (AvgIpc) is 2.15. The molecule has 0 spiro atoms. The minimum absolute atomic E-state index is 0.00620. The van der Waals surface area contributed by atoms with Gasteiger partial charge in [-0.15, -0.1) is 0 Å². The zero-order chi connectivity index (χ0) is 10.6. The van der Waals surface area contributed by atoms with Crippen molar-refractivity contribution in [3.05, 3.63) is 45.9 Å². The van der Waals surface area contributed by atoms with Gasteiger partial charge in [-0.05, 0) is 17.7 Å². The molecule has 1 rings (SSSR count). The van der Waals surface area contributed by atoms with Crippen LogP contribution in [-0.4, -0.2) is 22.1 Å². The van der Waals surface area contributed by atoms with Gasteiger partial charge in [0.25, 0.3) is 5.69 Å². The van der Waals surface area contributed by atoms with E-state index >= 15 is 0 Å². The van der Waals surface area contributed by atoms with Gasteiger partial charge in [0.1, 0.15) is 0 Å². The van der Waals surface area contributed by atoms with E-state index in [2.05, 4.69) is 0 Å². The van der Waals surface area contributed by atoms with Crippen LogP contribution >= 0.6 is 0 Å². The molecule has 14 heavy (non-hydrogen) atoms. The normalized spacial score (nSPS) is 10.4. The molecule has 72 valence electrons. The molecule has 0 saturated carbocycles. The van der Waals surface area contributed by atoms with Crippen LogP contribution in [0.5, 0.6) is 0 Å². The molecule has 2 N–H and O–H groups in total. The van der Waals surface area contributed by atoms with Crippen LogP contribution in [0.3, 0.4) is 0 Å². The molecule has 0 atom stereocenters. The fourth-order valence-corrected chi connectivity index (χ4v) is 0.904. The van der Waals surface area contributed by atoms with Gasteiger partial charge in [-0.25, -0.2) is 0 Å². The Kier molecular flexibility index (Phi) is 3.38. The lowest BCUT2D eigenvalue weighted by molar-refractivity contribution is -0.384. The van der Waals surface area contributed by atoms with Crippen molar-refractivity contribution < 1.29 is 15.0 Å². The third-order valence-corrected chi connectivity index (χ3v) is 1.56. The van der Waals surface area contributed by atoms with Crippen molar-refractivity contribution in [2.24, 2.45) is 0 Å². The summed E-state index contributed by atoms with van der Waals surface area (Å²) in [7, 11) is -1.51. The fraction of sp³-hybridized carbons (Fsp3) is 0. The van der Waals surface area contributed by atoms with E-state index in [-0.39, 0.29) is 5.69 Å². The number of nitro groups is 1. The van der Waals surface area contributed by atoms with Gasteiger partial charge in [0.2, 0.25) is 0 Å². The highest BCUT2D eigenvalue weighted by atomic mass is 16.6. The van der Waals surface area contributed by atoms with Crippen LogP contribution in [0.4, 0.5) is 5.69 Å². The number of rotatable bonds is 3. The van der Waals surface area contributed by atoms with Crippen molar-refractivity contribution in [3.63, 3.8) is 0 Å². The minimum atomic E-state index is -1.51. The Labute approximate surface area is 80.6 Å². The van der Waals surface area contributed by atoms with Gasteiger partial charge in [0.15, 0.2) is 0 Å². The lowest BCUT2D eigenvalue weighted by Gasteiger charge is -1.93. The predicted molar refractivity (Wildman–Crippen MR) is 52.3 cm³/mol. The van der Waals surface area contributed by atoms with Gasteiger partial charge >= 0.3 is 7.12 Å². The predicted octanol–water partition coefficient (Wildman–Crippen LogP) is 0.620. The Hall–Kier alpha value is -1.66. The second-order valence-corrected chi connectivity index (χ2v) is 2.62. The summed E-state index contributed by atoms with van der Waals surface area (Å²) < 4.78 is 0. The Morgan fingerprint density at radius 3 is 2.29 bits per heavy atom. The van der Waals surface area contributed by atoms with E-state index in [1.54, 1.807) is 0 Å². The van der Waals surface area contributed by atoms with Crippen molar-refractivity contribution >= 4 is 18.9 Å². The highest BCUT2D eigenvalue weighted by Crippen LogP contribution is 2.12. The topological polar surface area (TPSA) is 83.6 Å². The molecule has 0 amide bonds. The maximum Gasteiger partial charge on any atom is 0.480 e. The lowest BCUT2D eigenvalue weighted by Crippen LogP contribution is -2.05. The van der Waals surface area contributed by atoms with Crippen LogP contribution in [0.25, 0.3) is 6.08 Å². The monoisotopic (exact) mass is 193 g/mol. The maximum absolute atomic E-state index is 10.3. The van der Waals surface area contributed by atoms with Crippen molar-refractivity contribution in [1.29, 1.82) is 0 Å². The van der Waals surface area contributed by atoms with Crippen LogP contribution in [-0.2, 0) is 0 Å². The first-order valence-electron chi connectivity index (χ1n) is 3.88. The van der Waals surface area contributed by atoms with Crippen LogP contribution in [0.1, 0.15) is 5.56 Å². The van der Waals surface area contributed by atoms with Crippen molar-refractivity contribution in [2.75, 3.05) is 0 Å². The smallest absolute Gasteiger partial charge is 0.424 e. The van der Waals surface area contributed by atoms with Crippen molar-refractivity contribution in [3.8, 4) is 0 Å². The molecule has 5 nitrogen and oxygen atoms in total. The van der Waals surface area contributed by atoms with E-state index in [1.165, 1.54) is 36.3 Å². The maximum atomic E-state index is 10.3. The summed E-state index contributed by atoms with van der Waals surface area (Å²) >= 11 is 0. The van der Waals surface area contributed by atoms with E-state index in [4.69, 9.17) is 10.0 Å². The third kappa shape index (κ3) is 3.00. The number of non-ortho nitro benzene ring substituents is 1. The quantitative estimate of drug-likeness (QED) is 0.418. The molecule has 0 aliphatic heterocycles. The summed E-state index contributed by atoms with van der Waals surface area (Å²) in [5.74, 6) is 1.17. The second kappa shape index (κ2) is 4.54. The first kappa shape index (κ1) is 10.4. The van der Waals surface area contributed by atoms with E-state index in [0.29, 0.717) is 5.56 Å². The molecule has 0 bridgehead atoms. The molecule has 0 aromatic heterocycles. The summed E-state index contributed by atoms with van der Waals surface area (Å²) in [5, 5.41) is 27.3. The molecule has 0 heterocycles. The number of benzene rings is 1. The molecule has 1 aromatic rings. The molecule has 0 radical (unpaired) electrons. The number of nitro benzene ring substituents is 1. The Balaban J connectivity index is 2.78. The zero-order valence-electron chi connectivity index (χ0n) is 7.20. The molecule has 0 unspecified atom stereocenters. The van der Waals surface area contributed by atoms with Gasteiger partial charge in [-0.2, -0.15) is 0 Å². The summed E-state index contributed by atoms with van der Waals surface area (Å²) in [6.07, 6.45) is 1.47. The zero-order valence-corrected chi connectivity index (χ0v) is 7.20. The summed E-state index contributed by atoms with van der Waals surface area (Å²) in [5.41, 5.74) is 0.676. The van der Waals surface area contributed by atoms with Crippen molar-refractivity contribution in [1.82, 2.24) is 0 Å². The lowest BCUT2D eigenvalue weighted by atomic mass is 9.91. The molecule has 0 saturated heterocycles. The number of hydrogen-bond donors (Lipinski definition) is 2. The van der Waals surface area contributed by atoms with E-state index in [0.717, 1.165) is 0 Å². The largest absolute Gasteiger partial charge is 0.480 e. The Bertz CT molecular complexity index is 347.